The van der Waals surface area contributed by atoms with Crippen molar-refractivity contribution in [3.63, 3.8) is 0 Å². The average molecular weight is 282 g/mol. The van der Waals surface area contributed by atoms with Crippen LogP contribution in [-0.2, 0) is 0 Å². The minimum atomic E-state index is -0.0766. The molecule has 3 rings (SSSR count). The second kappa shape index (κ2) is 5.97. The van der Waals surface area contributed by atoms with E-state index in [4.69, 9.17) is 4.74 Å². The Kier molecular flexibility index (Phi) is 3.88. The SMILES string of the molecule is CNC(c1ccccc1)c1ccc2c(c1)C(=O)NCCO2. The zero-order chi connectivity index (χ0) is 14.7. The van der Waals surface area contributed by atoms with Crippen LogP contribution in [0.1, 0.15) is 27.5 Å². The van der Waals surface area contributed by atoms with Crippen molar-refractivity contribution >= 4 is 5.91 Å². The molecule has 1 aliphatic rings. The maximum Gasteiger partial charge on any atom is 0.255 e. The molecule has 4 nitrogen and oxygen atoms in total. The molecule has 0 aliphatic carbocycles. The number of carbonyl (C=O) groups is 1. The van der Waals surface area contributed by atoms with Crippen molar-refractivity contribution in [1.82, 2.24) is 10.6 Å². The first-order chi connectivity index (χ1) is 10.3. The molecule has 21 heavy (non-hydrogen) atoms. The molecular weight excluding hydrogens is 264 g/mol. The lowest BCUT2D eigenvalue weighted by Gasteiger charge is -2.18. The van der Waals surface area contributed by atoms with Gasteiger partial charge in [-0.2, -0.15) is 0 Å². The number of carbonyl (C=O) groups excluding carboxylic acids is 1. The molecule has 0 saturated heterocycles. The average Bonchev–Trinajstić information content (AvgIpc) is 2.71. The molecule has 4 heteroatoms. The van der Waals surface area contributed by atoms with Crippen molar-refractivity contribution in [2.45, 2.75) is 6.04 Å². The van der Waals surface area contributed by atoms with E-state index in [1.165, 1.54) is 0 Å². The van der Waals surface area contributed by atoms with Crippen LogP contribution < -0.4 is 15.4 Å². The Hall–Kier alpha value is -2.33. The molecule has 2 N–H and O–H groups in total. The quantitative estimate of drug-likeness (QED) is 0.906. The summed E-state index contributed by atoms with van der Waals surface area (Å²) in [6, 6.07) is 16.0. The Bertz CT molecular complexity index is 640. The van der Waals surface area contributed by atoms with Crippen molar-refractivity contribution < 1.29 is 9.53 Å². The normalized spacial score (nSPS) is 15.4. The van der Waals surface area contributed by atoms with E-state index in [-0.39, 0.29) is 11.9 Å². The van der Waals surface area contributed by atoms with Crippen LogP contribution in [-0.4, -0.2) is 26.1 Å². The summed E-state index contributed by atoms with van der Waals surface area (Å²) >= 11 is 0. The van der Waals surface area contributed by atoms with E-state index in [0.717, 1.165) is 11.1 Å². The molecule has 2 aromatic rings. The van der Waals surface area contributed by atoms with E-state index in [2.05, 4.69) is 22.8 Å². The van der Waals surface area contributed by atoms with Crippen LogP contribution in [0.4, 0.5) is 0 Å². The van der Waals surface area contributed by atoms with Crippen molar-refractivity contribution in [3.8, 4) is 5.75 Å². The summed E-state index contributed by atoms with van der Waals surface area (Å²) < 4.78 is 5.59. The van der Waals surface area contributed by atoms with Gasteiger partial charge >= 0.3 is 0 Å². The van der Waals surface area contributed by atoms with Gasteiger partial charge < -0.3 is 15.4 Å². The topological polar surface area (TPSA) is 50.4 Å². The molecule has 0 aromatic heterocycles. The van der Waals surface area contributed by atoms with E-state index in [0.29, 0.717) is 24.5 Å². The van der Waals surface area contributed by atoms with Gasteiger partial charge in [0.2, 0.25) is 0 Å². The molecule has 0 radical (unpaired) electrons. The predicted molar refractivity (Wildman–Crippen MR) is 81.6 cm³/mol. The lowest BCUT2D eigenvalue weighted by molar-refractivity contribution is 0.0957. The van der Waals surface area contributed by atoms with Gasteiger partial charge in [-0.15, -0.1) is 0 Å². The first-order valence-electron chi connectivity index (χ1n) is 7.07. The van der Waals surface area contributed by atoms with E-state index < -0.39 is 0 Å². The Balaban J connectivity index is 2.01. The molecule has 0 bridgehead atoms. The highest BCUT2D eigenvalue weighted by Gasteiger charge is 2.19. The Morgan fingerprint density at radius 1 is 1.14 bits per heavy atom. The molecule has 0 saturated carbocycles. The molecule has 1 atom stereocenters. The van der Waals surface area contributed by atoms with Crippen molar-refractivity contribution in [2.24, 2.45) is 0 Å². The summed E-state index contributed by atoms with van der Waals surface area (Å²) in [4.78, 5) is 12.1. The van der Waals surface area contributed by atoms with Crippen LogP contribution in [0.2, 0.25) is 0 Å². The van der Waals surface area contributed by atoms with Crippen molar-refractivity contribution in [1.29, 1.82) is 0 Å². The van der Waals surface area contributed by atoms with E-state index >= 15 is 0 Å². The molecule has 1 aliphatic heterocycles. The van der Waals surface area contributed by atoms with Crippen LogP contribution in [0.5, 0.6) is 5.75 Å². The number of nitrogens with one attached hydrogen (secondary N) is 2. The number of hydrogen-bond donors (Lipinski definition) is 2. The first-order valence-corrected chi connectivity index (χ1v) is 7.07. The van der Waals surface area contributed by atoms with Gasteiger partial charge in [-0.05, 0) is 30.3 Å². The fourth-order valence-corrected chi connectivity index (χ4v) is 2.62. The standard InChI is InChI=1S/C17H18N2O2/c1-18-16(12-5-3-2-4-6-12)13-7-8-15-14(11-13)17(20)19-9-10-21-15/h2-8,11,16,18H,9-10H2,1H3,(H,19,20). The molecule has 1 heterocycles. The van der Waals surface area contributed by atoms with Crippen molar-refractivity contribution in [2.75, 3.05) is 20.2 Å². The lowest BCUT2D eigenvalue weighted by Crippen LogP contribution is -2.24. The van der Waals surface area contributed by atoms with Crippen LogP contribution >= 0.6 is 0 Å². The van der Waals surface area contributed by atoms with Gasteiger partial charge in [0.25, 0.3) is 5.91 Å². The van der Waals surface area contributed by atoms with Crippen LogP contribution in [0.25, 0.3) is 0 Å². The number of benzene rings is 2. The van der Waals surface area contributed by atoms with Gasteiger partial charge in [-0.1, -0.05) is 36.4 Å². The Labute approximate surface area is 124 Å². The first kappa shape index (κ1) is 13.6. The highest BCUT2D eigenvalue weighted by atomic mass is 16.5. The molecule has 108 valence electrons. The Morgan fingerprint density at radius 2 is 1.95 bits per heavy atom. The summed E-state index contributed by atoms with van der Waals surface area (Å²) in [5.74, 6) is 0.573. The van der Waals surface area contributed by atoms with Crippen LogP contribution in [0.15, 0.2) is 48.5 Å². The summed E-state index contributed by atoms with van der Waals surface area (Å²) in [6.45, 7) is 1.04. The molecule has 1 unspecified atom stereocenters. The van der Waals surface area contributed by atoms with Crippen molar-refractivity contribution in [3.05, 3.63) is 65.2 Å². The number of ether oxygens (including phenoxy) is 1. The number of amides is 1. The Morgan fingerprint density at radius 3 is 2.71 bits per heavy atom. The minimum absolute atomic E-state index is 0.0487. The largest absolute Gasteiger partial charge is 0.491 e. The predicted octanol–water partition coefficient (Wildman–Crippen LogP) is 2.12. The molecular formula is C17H18N2O2. The van der Waals surface area contributed by atoms with E-state index in [1.807, 2.05) is 43.4 Å². The van der Waals surface area contributed by atoms with Gasteiger partial charge in [-0.3, -0.25) is 4.79 Å². The maximum atomic E-state index is 12.1. The molecule has 0 fully saturated rings. The fourth-order valence-electron chi connectivity index (χ4n) is 2.62. The smallest absolute Gasteiger partial charge is 0.255 e. The van der Waals surface area contributed by atoms with Crippen LogP contribution in [0, 0.1) is 0 Å². The monoisotopic (exact) mass is 282 g/mol. The zero-order valence-electron chi connectivity index (χ0n) is 11.9. The summed E-state index contributed by atoms with van der Waals surface area (Å²) in [5.41, 5.74) is 2.80. The minimum Gasteiger partial charge on any atom is -0.491 e. The van der Waals surface area contributed by atoms with Gasteiger partial charge in [0, 0.05) is 0 Å². The van der Waals surface area contributed by atoms with Gasteiger partial charge in [-0.25, -0.2) is 0 Å². The number of hydrogen-bond acceptors (Lipinski definition) is 3. The third-order valence-electron chi connectivity index (χ3n) is 3.65. The summed E-state index contributed by atoms with van der Waals surface area (Å²) in [5, 5.41) is 6.14. The summed E-state index contributed by atoms with van der Waals surface area (Å²) in [6.07, 6.45) is 0. The van der Waals surface area contributed by atoms with Gasteiger partial charge in [0.1, 0.15) is 12.4 Å². The van der Waals surface area contributed by atoms with E-state index in [9.17, 15) is 4.79 Å². The zero-order valence-corrected chi connectivity index (χ0v) is 11.9. The van der Waals surface area contributed by atoms with Gasteiger partial charge in [0.15, 0.2) is 0 Å². The third-order valence-corrected chi connectivity index (χ3v) is 3.65. The number of fused-ring (bicyclic) bond motifs is 1. The number of rotatable bonds is 3. The molecule has 2 aromatic carbocycles. The van der Waals surface area contributed by atoms with Crippen LogP contribution in [0.3, 0.4) is 0 Å². The summed E-state index contributed by atoms with van der Waals surface area (Å²) in [7, 11) is 1.92. The third kappa shape index (κ3) is 2.76. The lowest BCUT2D eigenvalue weighted by atomic mass is 9.96. The highest BCUT2D eigenvalue weighted by Crippen LogP contribution is 2.28. The van der Waals surface area contributed by atoms with Gasteiger partial charge in [0.05, 0.1) is 18.2 Å². The molecule has 0 spiro atoms. The highest BCUT2D eigenvalue weighted by molar-refractivity contribution is 5.97. The second-order valence-electron chi connectivity index (χ2n) is 4.99. The maximum absolute atomic E-state index is 12.1. The second-order valence-corrected chi connectivity index (χ2v) is 4.99. The van der Waals surface area contributed by atoms with E-state index in [1.54, 1.807) is 0 Å². The fraction of sp³-hybridized carbons (Fsp3) is 0.235. The molecule has 1 amide bonds.